The summed E-state index contributed by atoms with van der Waals surface area (Å²) in [6, 6.07) is 12.8. The van der Waals surface area contributed by atoms with Gasteiger partial charge in [0.1, 0.15) is 6.10 Å². The van der Waals surface area contributed by atoms with E-state index >= 15 is 0 Å². The van der Waals surface area contributed by atoms with E-state index in [4.69, 9.17) is 4.74 Å². The lowest BCUT2D eigenvalue weighted by molar-refractivity contribution is 0.104. The molecule has 0 unspecified atom stereocenters. The molecule has 158 valence electrons. The van der Waals surface area contributed by atoms with Gasteiger partial charge in [-0.15, -0.1) is 11.3 Å². The first-order chi connectivity index (χ1) is 15.1. The molecule has 3 aromatic heterocycles. The zero-order valence-electron chi connectivity index (χ0n) is 17.2. The highest BCUT2D eigenvalue weighted by Crippen LogP contribution is 2.25. The summed E-state index contributed by atoms with van der Waals surface area (Å²) >= 11 is 1.39. The standard InChI is InChI=1S/C23H22N4O3S/c1-3-17(4-2)30-23(29)26-16-8-5-7-15(13-16)19-10-11-24-22-18(14-25-27(19)22)21(28)20-9-6-12-31-20/h5-14,17H,3-4H2,1-2H3,(H,26,29). The Morgan fingerprint density at radius 2 is 2.00 bits per heavy atom. The van der Waals surface area contributed by atoms with Crippen LogP contribution in [0.5, 0.6) is 0 Å². The quantitative estimate of drug-likeness (QED) is 0.392. The van der Waals surface area contributed by atoms with Gasteiger partial charge in [0.15, 0.2) is 5.65 Å². The topological polar surface area (TPSA) is 85.6 Å². The molecule has 0 fully saturated rings. The molecule has 1 N–H and O–H groups in total. The number of carbonyl (C=O) groups is 2. The average molecular weight is 435 g/mol. The molecule has 3 heterocycles. The van der Waals surface area contributed by atoms with Gasteiger partial charge in [-0.2, -0.15) is 5.10 Å². The van der Waals surface area contributed by atoms with Crippen LogP contribution < -0.4 is 5.32 Å². The molecule has 0 saturated carbocycles. The van der Waals surface area contributed by atoms with Crippen LogP contribution in [0, 0.1) is 0 Å². The molecule has 4 aromatic rings. The first-order valence-corrected chi connectivity index (χ1v) is 11.0. The second-order valence-electron chi connectivity index (χ2n) is 6.98. The summed E-state index contributed by atoms with van der Waals surface area (Å²) in [5.74, 6) is -0.103. The number of anilines is 1. The molecule has 0 radical (unpaired) electrons. The van der Waals surface area contributed by atoms with Gasteiger partial charge >= 0.3 is 6.09 Å². The van der Waals surface area contributed by atoms with Gasteiger partial charge in [-0.1, -0.05) is 32.0 Å². The monoisotopic (exact) mass is 434 g/mol. The maximum absolute atomic E-state index is 12.8. The van der Waals surface area contributed by atoms with E-state index < -0.39 is 6.09 Å². The van der Waals surface area contributed by atoms with E-state index in [0.29, 0.717) is 21.8 Å². The molecular weight excluding hydrogens is 412 g/mol. The molecule has 1 amide bonds. The van der Waals surface area contributed by atoms with Crippen LogP contribution >= 0.6 is 11.3 Å². The van der Waals surface area contributed by atoms with Crippen molar-refractivity contribution in [3.05, 3.63) is 70.7 Å². The second kappa shape index (κ2) is 9.09. The number of rotatable bonds is 7. The van der Waals surface area contributed by atoms with Crippen LogP contribution in [0.2, 0.25) is 0 Å². The van der Waals surface area contributed by atoms with Gasteiger partial charge in [0.05, 0.1) is 22.3 Å². The summed E-state index contributed by atoms with van der Waals surface area (Å²) in [5.41, 5.74) is 3.13. The Balaban J connectivity index is 1.63. The average Bonchev–Trinajstić information content (AvgIpc) is 3.47. The summed E-state index contributed by atoms with van der Waals surface area (Å²) in [7, 11) is 0. The lowest BCUT2D eigenvalue weighted by Crippen LogP contribution is -2.21. The number of thiophene rings is 1. The van der Waals surface area contributed by atoms with Crippen LogP contribution in [0.1, 0.15) is 41.9 Å². The number of nitrogens with zero attached hydrogens (tertiary/aromatic N) is 3. The predicted octanol–water partition coefficient (Wildman–Crippen LogP) is 5.43. The molecule has 0 atom stereocenters. The molecule has 8 heteroatoms. The van der Waals surface area contributed by atoms with E-state index in [2.05, 4.69) is 15.4 Å². The van der Waals surface area contributed by atoms with Crippen molar-refractivity contribution < 1.29 is 14.3 Å². The molecule has 0 spiro atoms. The van der Waals surface area contributed by atoms with E-state index in [1.807, 2.05) is 49.6 Å². The molecule has 0 bridgehead atoms. The number of ether oxygens (including phenoxy) is 1. The molecule has 0 aliphatic heterocycles. The number of hydrogen-bond acceptors (Lipinski definition) is 6. The van der Waals surface area contributed by atoms with Crippen LogP contribution in [-0.4, -0.2) is 32.6 Å². The number of aromatic nitrogens is 3. The Morgan fingerprint density at radius 1 is 1.16 bits per heavy atom. The van der Waals surface area contributed by atoms with E-state index in [0.717, 1.165) is 24.1 Å². The van der Waals surface area contributed by atoms with Crippen molar-refractivity contribution in [3.63, 3.8) is 0 Å². The minimum Gasteiger partial charge on any atom is -0.446 e. The molecule has 31 heavy (non-hydrogen) atoms. The number of amides is 1. The lowest BCUT2D eigenvalue weighted by Gasteiger charge is -2.15. The van der Waals surface area contributed by atoms with Crippen molar-refractivity contribution >= 4 is 34.5 Å². The highest BCUT2D eigenvalue weighted by atomic mass is 32.1. The van der Waals surface area contributed by atoms with E-state index in [1.54, 1.807) is 29.0 Å². The van der Waals surface area contributed by atoms with Crippen LogP contribution in [-0.2, 0) is 4.74 Å². The SMILES string of the molecule is CCC(CC)OC(=O)Nc1cccc(-c2ccnc3c(C(=O)c4cccs4)cnn23)c1. The minimum atomic E-state index is -0.478. The van der Waals surface area contributed by atoms with Crippen LogP contribution in [0.25, 0.3) is 16.9 Å². The summed E-state index contributed by atoms with van der Waals surface area (Å²) in [4.78, 5) is 30.0. The van der Waals surface area contributed by atoms with Gasteiger partial charge in [-0.25, -0.2) is 14.3 Å². The van der Waals surface area contributed by atoms with E-state index in [1.165, 1.54) is 11.3 Å². The summed E-state index contributed by atoms with van der Waals surface area (Å²) in [5, 5.41) is 9.05. The first kappa shape index (κ1) is 20.7. The fourth-order valence-corrected chi connectivity index (χ4v) is 4.00. The highest BCUT2D eigenvalue weighted by Gasteiger charge is 2.18. The van der Waals surface area contributed by atoms with E-state index in [-0.39, 0.29) is 11.9 Å². The second-order valence-corrected chi connectivity index (χ2v) is 7.93. The molecule has 4 rings (SSSR count). The minimum absolute atomic E-state index is 0.103. The number of fused-ring (bicyclic) bond motifs is 1. The largest absolute Gasteiger partial charge is 0.446 e. The zero-order chi connectivity index (χ0) is 21.8. The molecule has 0 aliphatic rings. The summed E-state index contributed by atoms with van der Waals surface area (Å²) < 4.78 is 7.06. The van der Waals surface area contributed by atoms with Gasteiger partial charge in [-0.05, 0) is 42.5 Å². The Kier molecular flexibility index (Phi) is 6.08. The third kappa shape index (κ3) is 4.34. The maximum atomic E-state index is 12.8. The Hall–Kier alpha value is -3.52. The Bertz CT molecular complexity index is 1210. The Morgan fingerprint density at radius 3 is 2.74 bits per heavy atom. The van der Waals surface area contributed by atoms with Crippen molar-refractivity contribution in [2.75, 3.05) is 5.32 Å². The van der Waals surface area contributed by atoms with Crippen LogP contribution in [0.4, 0.5) is 10.5 Å². The lowest BCUT2D eigenvalue weighted by atomic mass is 10.1. The van der Waals surface area contributed by atoms with E-state index in [9.17, 15) is 9.59 Å². The fourth-order valence-electron chi connectivity index (χ4n) is 3.32. The molecule has 1 aromatic carbocycles. The van der Waals surface area contributed by atoms with Gasteiger partial charge in [0.25, 0.3) is 0 Å². The first-order valence-electron chi connectivity index (χ1n) is 10.1. The van der Waals surface area contributed by atoms with Crippen molar-refractivity contribution in [2.45, 2.75) is 32.8 Å². The van der Waals surface area contributed by atoms with Gasteiger partial charge in [0.2, 0.25) is 5.78 Å². The number of benzene rings is 1. The van der Waals surface area contributed by atoms with Gasteiger partial charge < -0.3 is 4.74 Å². The molecular formula is C23H22N4O3S. The smallest absolute Gasteiger partial charge is 0.411 e. The Labute approximate surface area is 183 Å². The predicted molar refractivity (Wildman–Crippen MR) is 121 cm³/mol. The van der Waals surface area contributed by atoms with Crippen molar-refractivity contribution in [1.29, 1.82) is 0 Å². The molecule has 7 nitrogen and oxygen atoms in total. The molecule has 0 aliphatic carbocycles. The summed E-state index contributed by atoms with van der Waals surface area (Å²) in [6.45, 7) is 3.97. The maximum Gasteiger partial charge on any atom is 0.411 e. The molecule has 0 saturated heterocycles. The third-order valence-electron chi connectivity index (χ3n) is 4.98. The van der Waals surface area contributed by atoms with Gasteiger partial charge in [0, 0.05) is 17.4 Å². The fraction of sp³-hybridized carbons (Fsp3) is 0.217. The summed E-state index contributed by atoms with van der Waals surface area (Å²) in [6.07, 6.45) is 4.15. The van der Waals surface area contributed by atoms with Gasteiger partial charge in [-0.3, -0.25) is 10.1 Å². The zero-order valence-corrected chi connectivity index (χ0v) is 18.1. The number of carbonyl (C=O) groups excluding carboxylic acids is 2. The number of hydrogen-bond donors (Lipinski definition) is 1. The van der Waals surface area contributed by atoms with Crippen LogP contribution in [0.15, 0.2) is 60.2 Å². The van der Waals surface area contributed by atoms with Crippen molar-refractivity contribution in [3.8, 4) is 11.3 Å². The van der Waals surface area contributed by atoms with Crippen molar-refractivity contribution in [1.82, 2.24) is 14.6 Å². The third-order valence-corrected chi connectivity index (χ3v) is 5.85. The van der Waals surface area contributed by atoms with Crippen LogP contribution in [0.3, 0.4) is 0 Å². The number of ketones is 1. The number of nitrogens with one attached hydrogen (secondary N) is 1. The van der Waals surface area contributed by atoms with Crippen molar-refractivity contribution in [2.24, 2.45) is 0 Å². The highest BCUT2D eigenvalue weighted by molar-refractivity contribution is 7.12. The normalized spacial score (nSPS) is 11.1.